The zero-order chi connectivity index (χ0) is 14.8. The maximum atomic E-state index is 5.61. The van der Waals surface area contributed by atoms with Crippen LogP contribution in [0.15, 0.2) is 4.47 Å². The molecule has 1 aromatic carbocycles. The van der Waals surface area contributed by atoms with E-state index in [4.69, 9.17) is 4.74 Å². The van der Waals surface area contributed by atoms with Gasteiger partial charge in [0.25, 0.3) is 0 Å². The van der Waals surface area contributed by atoms with Crippen LogP contribution in [0, 0.1) is 20.8 Å². The SMILES string of the molecule is CNCC(C)(C)Nc1c(C)c(Br)c(C)c(C)c1OC. The number of nitrogens with one attached hydrogen (secondary N) is 2. The zero-order valence-electron chi connectivity index (χ0n) is 13.0. The van der Waals surface area contributed by atoms with E-state index in [2.05, 4.69) is 61.2 Å². The number of methoxy groups -OCH3 is 1. The molecule has 0 saturated carbocycles. The van der Waals surface area contributed by atoms with Gasteiger partial charge in [0.2, 0.25) is 0 Å². The molecule has 0 heterocycles. The second kappa shape index (κ2) is 6.14. The molecule has 0 aliphatic rings. The number of halogens is 1. The molecular formula is C15H25BrN2O. The predicted molar refractivity (Wildman–Crippen MR) is 86.5 cm³/mol. The highest BCUT2D eigenvalue weighted by atomic mass is 79.9. The fraction of sp³-hybridized carbons (Fsp3) is 0.600. The second-order valence-corrected chi connectivity index (χ2v) is 6.43. The summed E-state index contributed by atoms with van der Waals surface area (Å²) in [6.45, 7) is 11.5. The summed E-state index contributed by atoms with van der Waals surface area (Å²) in [5, 5.41) is 6.81. The lowest BCUT2D eigenvalue weighted by molar-refractivity contribution is 0.410. The van der Waals surface area contributed by atoms with Gasteiger partial charge in [-0.2, -0.15) is 0 Å². The van der Waals surface area contributed by atoms with Crippen molar-refractivity contribution in [1.82, 2.24) is 5.32 Å². The molecule has 19 heavy (non-hydrogen) atoms. The minimum atomic E-state index is -0.0477. The maximum Gasteiger partial charge on any atom is 0.145 e. The number of hydrogen-bond acceptors (Lipinski definition) is 3. The van der Waals surface area contributed by atoms with Gasteiger partial charge >= 0.3 is 0 Å². The van der Waals surface area contributed by atoms with Crippen LogP contribution >= 0.6 is 15.9 Å². The van der Waals surface area contributed by atoms with Gasteiger partial charge in [0.05, 0.1) is 12.8 Å². The monoisotopic (exact) mass is 328 g/mol. The van der Waals surface area contributed by atoms with Crippen LogP contribution in [0.3, 0.4) is 0 Å². The molecule has 0 radical (unpaired) electrons. The van der Waals surface area contributed by atoms with E-state index in [0.29, 0.717) is 0 Å². The molecule has 0 fully saturated rings. The molecule has 108 valence electrons. The third-order valence-corrected chi connectivity index (χ3v) is 4.64. The number of benzene rings is 1. The highest BCUT2D eigenvalue weighted by Gasteiger charge is 2.23. The molecule has 2 N–H and O–H groups in total. The van der Waals surface area contributed by atoms with Crippen molar-refractivity contribution in [2.45, 2.75) is 40.2 Å². The van der Waals surface area contributed by atoms with E-state index in [1.807, 2.05) is 7.05 Å². The van der Waals surface area contributed by atoms with Crippen molar-refractivity contribution < 1.29 is 4.74 Å². The van der Waals surface area contributed by atoms with E-state index >= 15 is 0 Å². The Balaban J connectivity index is 3.34. The van der Waals surface area contributed by atoms with Crippen molar-refractivity contribution in [3.05, 3.63) is 21.2 Å². The molecule has 4 heteroatoms. The summed E-state index contributed by atoms with van der Waals surface area (Å²) >= 11 is 3.68. The van der Waals surface area contributed by atoms with Crippen LogP contribution in [0.2, 0.25) is 0 Å². The lowest BCUT2D eigenvalue weighted by Gasteiger charge is -2.30. The highest BCUT2D eigenvalue weighted by molar-refractivity contribution is 9.10. The van der Waals surface area contributed by atoms with Crippen molar-refractivity contribution in [2.24, 2.45) is 0 Å². The quantitative estimate of drug-likeness (QED) is 0.862. The lowest BCUT2D eigenvalue weighted by atomic mass is 9.99. The van der Waals surface area contributed by atoms with E-state index < -0.39 is 0 Å². The Hall–Kier alpha value is -0.740. The molecule has 1 rings (SSSR count). The fourth-order valence-corrected chi connectivity index (χ4v) is 2.81. The van der Waals surface area contributed by atoms with Gasteiger partial charge in [-0.1, -0.05) is 15.9 Å². The summed E-state index contributed by atoms with van der Waals surface area (Å²) in [5.41, 5.74) is 4.60. The number of rotatable bonds is 5. The molecule has 0 aliphatic carbocycles. The van der Waals surface area contributed by atoms with Gasteiger partial charge in [-0.15, -0.1) is 0 Å². The second-order valence-electron chi connectivity index (χ2n) is 5.64. The van der Waals surface area contributed by atoms with Gasteiger partial charge in [0, 0.05) is 16.6 Å². The van der Waals surface area contributed by atoms with Crippen LogP contribution in [-0.4, -0.2) is 26.2 Å². The van der Waals surface area contributed by atoms with Crippen molar-refractivity contribution in [1.29, 1.82) is 0 Å². The number of hydrogen-bond donors (Lipinski definition) is 2. The zero-order valence-corrected chi connectivity index (χ0v) is 14.6. The molecule has 0 unspecified atom stereocenters. The smallest absolute Gasteiger partial charge is 0.145 e. The van der Waals surface area contributed by atoms with Crippen LogP contribution in [-0.2, 0) is 0 Å². The largest absolute Gasteiger partial charge is 0.494 e. The Kier molecular flexibility index (Phi) is 5.27. The summed E-state index contributed by atoms with van der Waals surface area (Å²) in [5.74, 6) is 0.933. The fourth-order valence-electron chi connectivity index (χ4n) is 2.31. The van der Waals surface area contributed by atoms with Gasteiger partial charge in [0.15, 0.2) is 0 Å². The average molecular weight is 329 g/mol. The summed E-state index contributed by atoms with van der Waals surface area (Å²) in [6.07, 6.45) is 0. The molecule has 3 nitrogen and oxygen atoms in total. The summed E-state index contributed by atoms with van der Waals surface area (Å²) in [6, 6.07) is 0. The molecule has 0 spiro atoms. The first-order chi connectivity index (χ1) is 8.75. The molecule has 1 aromatic rings. The van der Waals surface area contributed by atoms with Crippen molar-refractivity contribution in [3.63, 3.8) is 0 Å². The maximum absolute atomic E-state index is 5.61. The van der Waals surface area contributed by atoms with E-state index in [9.17, 15) is 0 Å². The van der Waals surface area contributed by atoms with Gasteiger partial charge in [-0.3, -0.25) is 0 Å². The predicted octanol–water partition coefficient (Wildman–Crippen LogP) is 3.79. The molecule has 0 aromatic heterocycles. The number of likely N-dealkylation sites (N-methyl/N-ethyl adjacent to an activating group) is 1. The molecule has 0 atom stereocenters. The van der Waals surface area contributed by atoms with Gasteiger partial charge in [-0.25, -0.2) is 0 Å². The minimum absolute atomic E-state index is 0.0477. The van der Waals surface area contributed by atoms with Crippen LogP contribution in [0.1, 0.15) is 30.5 Å². The van der Waals surface area contributed by atoms with Gasteiger partial charge < -0.3 is 15.4 Å². The van der Waals surface area contributed by atoms with Crippen LogP contribution in [0.5, 0.6) is 5.75 Å². The first-order valence-electron chi connectivity index (χ1n) is 6.51. The summed E-state index contributed by atoms with van der Waals surface area (Å²) < 4.78 is 6.76. The first-order valence-corrected chi connectivity index (χ1v) is 7.30. The molecule has 0 aliphatic heterocycles. The summed E-state index contributed by atoms with van der Waals surface area (Å²) in [7, 11) is 3.69. The molecule has 0 saturated heterocycles. The van der Waals surface area contributed by atoms with Gasteiger partial charge in [0.1, 0.15) is 5.75 Å². The normalized spacial score (nSPS) is 11.6. The lowest BCUT2D eigenvalue weighted by Crippen LogP contribution is -2.41. The molecular weight excluding hydrogens is 304 g/mol. The van der Waals surface area contributed by atoms with Crippen molar-refractivity contribution in [3.8, 4) is 5.75 Å². The molecule has 0 amide bonds. The third kappa shape index (κ3) is 3.42. The Bertz CT molecular complexity index is 470. The summed E-state index contributed by atoms with van der Waals surface area (Å²) in [4.78, 5) is 0. The first kappa shape index (κ1) is 16.3. The van der Waals surface area contributed by atoms with Crippen LogP contribution < -0.4 is 15.4 Å². The molecule has 0 bridgehead atoms. The van der Waals surface area contributed by atoms with E-state index in [1.165, 1.54) is 16.7 Å². The van der Waals surface area contributed by atoms with Gasteiger partial charge in [-0.05, 0) is 58.4 Å². The Labute approximate surface area is 125 Å². The van der Waals surface area contributed by atoms with E-state index in [0.717, 1.165) is 22.5 Å². The Morgan fingerprint density at radius 3 is 2.16 bits per heavy atom. The van der Waals surface area contributed by atoms with E-state index in [1.54, 1.807) is 7.11 Å². The van der Waals surface area contributed by atoms with Crippen LogP contribution in [0.4, 0.5) is 5.69 Å². The Morgan fingerprint density at radius 1 is 1.11 bits per heavy atom. The highest BCUT2D eigenvalue weighted by Crippen LogP contribution is 2.40. The standard InChI is InChI=1S/C15H25BrN2O/c1-9-10(2)14(19-7)13(11(3)12(9)16)18-15(4,5)8-17-6/h17-18H,8H2,1-7H3. The third-order valence-electron chi connectivity index (χ3n) is 3.45. The Morgan fingerprint density at radius 2 is 1.68 bits per heavy atom. The topological polar surface area (TPSA) is 33.3 Å². The number of anilines is 1. The minimum Gasteiger partial charge on any atom is -0.494 e. The van der Waals surface area contributed by atoms with Crippen molar-refractivity contribution >= 4 is 21.6 Å². The number of ether oxygens (including phenoxy) is 1. The van der Waals surface area contributed by atoms with Crippen molar-refractivity contribution in [2.75, 3.05) is 26.0 Å². The average Bonchev–Trinajstić information content (AvgIpc) is 2.33. The van der Waals surface area contributed by atoms with E-state index in [-0.39, 0.29) is 5.54 Å². The van der Waals surface area contributed by atoms with Crippen LogP contribution in [0.25, 0.3) is 0 Å².